The zero-order chi connectivity index (χ0) is 13.7. The van der Waals surface area contributed by atoms with Gasteiger partial charge in [-0.25, -0.2) is 0 Å². The van der Waals surface area contributed by atoms with Gasteiger partial charge in [-0.05, 0) is 36.0 Å². The summed E-state index contributed by atoms with van der Waals surface area (Å²) in [6, 6.07) is 7.17. The van der Waals surface area contributed by atoms with Crippen LogP contribution in [-0.2, 0) is 0 Å². The van der Waals surface area contributed by atoms with Crippen molar-refractivity contribution in [1.82, 2.24) is 4.98 Å². The summed E-state index contributed by atoms with van der Waals surface area (Å²) < 4.78 is 5.22. The van der Waals surface area contributed by atoms with Crippen molar-refractivity contribution in [3.63, 3.8) is 0 Å². The number of ether oxygens (including phenoxy) is 1. The predicted octanol–water partition coefficient (Wildman–Crippen LogP) is 3.13. The molecule has 4 rings (SSSR count). The van der Waals surface area contributed by atoms with Gasteiger partial charge in [0.05, 0.1) is 12.6 Å². The molecule has 0 amide bonds. The van der Waals surface area contributed by atoms with Crippen LogP contribution in [0.15, 0.2) is 47.3 Å². The van der Waals surface area contributed by atoms with Gasteiger partial charge in [0.15, 0.2) is 5.43 Å². The lowest BCUT2D eigenvalue weighted by Gasteiger charge is -2.09. The molecule has 0 saturated heterocycles. The lowest BCUT2D eigenvalue weighted by atomic mass is 10.0. The van der Waals surface area contributed by atoms with E-state index in [4.69, 9.17) is 4.74 Å². The minimum Gasteiger partial charge on any atom is -0.497 e. The van der Waals surface area contributed by atoms with Gasteiger partial charge >= 0.3 is 0 Å². The van der Waals surface area contributed by atoms with Crippen molar-refractivity contribution in [3.8, 4) is 5.75 Å². The molecule has 2 aliphatic carbocycles. The molecule has 3 nitrogen and oxygen atoms in total. The Balaban J connectivity index is 1.88. The van der Waals surface area contributed by atoms with E-state index in [9.17, 15) is 4.79 Å². The van der Waals surface area contributed by atoms with Crippen molar-refractivity contribution in [2.24, 2.45) is 11.8 Å². The molecule has 2 aromatic rings. The van der Waals surface area contributed by atoms with Crippen molar-refractivity contribution >= 4 is 16.5 Å². The lowest BCUT2D eigenvalue weighted by molar-refractivity contribution is 0.415. The number of fused-ring (bicyclic) bond motifs is 2. The molecule has 0 aliphatic heterocycles. The zero-order valence-corrected chi connectivity index (χ0v) is 11.2. The summed E-state index contributed by atoms with van der Waals surface area (Å²) in [7, 11) is 1.63. The van der Waals surface area contributed by atoms with Gasteiger partial charge in [0.25, 0.3) is 0 Å². The van der Waals surface area contributed by atoms with Crippen molar-refractivity contribution in [3.05, 3.63) is 58.4 Å². The van der Waals surface area contributed by atoms with Crippen LogP contribution in [0.5, 0.6) is 5.75 Å². The molecule has 100 valence electrons. The third kappa shape index (κ3) is 1.78. The standard InChI is InChI=1S/C17H15NO2/c1-20-13-4-5-14-16(8-13)18-15(9-17(14)19)11-3-2-10-6-12(10)7-11/h2-5,7-10,12H,6H2,1H3,(H,18,19). The van der Waals surface area contributed by atoms with E-state index in [2.05, 4.69) is 23.2 Å². The van der Waals surface area contributed by atoms with Crippen molar-refractivity contribution in [1.29, 1.82) is 0 Å². The molecule has 20 heavy (non-hydrogen) atoms. The van der Waals surface area contributed by atoms with Crippen LogP contribution >= 0.6 is 0 Å². The highest BCUT2D eigenvalue weighted by Gasteiger charge is 2.35. The van der Waals surface area contributed by atoms with Crippen LogP contribution in [0.4, 0.5) is 0 Å². The number of pyridine rings is 1. The van der Waals surface area contributed by atoms with Crippen molar-refractivity contribution < 1.29 is 4.74 Å². The molecule has 2 aliphatic rings. The van der Waals surface area contributed by atoms with E-state index in [-0.39, 0.29) is 5.43 Å². The molecule has 1 N–H and O–H groups in total. The van der Waals surface area contributed by atoms with E-state index in [1.807, 2.05) is 12.1 Å². The number of hydrogen-bond acceptors (Lipinski definition) is 2. The van der Waals surface area contributed by atoms with Crippen molar-refractivity contribution in [2.75, 3.05) is 7.11 Å². The Bertz CT molecular complexity index is 813. The first-order chi connectivity index (χ1) is 9.74. The molecule has 1 fully saturated rings. The molecule has 0 spiro atoms. The zero-order valence-electron chi connectivity index (χ0n) is 11.2. The number of benzene rings is 1. The normalized spacial score (nSPS) is 23.4. The average molecular weight is 265 g/mol. The summed E-state index contributed by atoms with van der Waals surface area (Å²) in [6.07, 6.45) is 7.87. The third-order valence-electron chi connectivity index (χ3n) is 4.16. The molecule has 0 bridgehead atoms. The fourth-order valence-corrected chi connectivity index (χ4v) is 2.86. The number of aromatic nitrogens is 1. The monoisotopic (exact) mass is 265 g/mol. The largest absolute Gasteiger partial charge is 0.497 e. The van der Waals surface area contributed by atoms with Gasteiger partial charge in [-0.2, -0.15) is 0 Å². The maximum absolute atomic E-state index is 12.2. The Morgan fingerprint density at radius 1 is 1.25 bits per heavy atom. The summed E-state index contributed by atoms with van der Waals surface area (Å²) >= 11 is 0. The fraction of sp³-hybridized carbons (Fsp3) is 0.235. The second-order valence-corrected chi connectivity index (χ2v) is 5.50. The molecule has 0 radical (unpaired) electrons. The summed E-state index contributed by atoms with van der Waals surface area (Å²) in [4.78, 5) is 15.6. The number of rotatable bonds is 2. The van der Waals surface area contributed by atoms with Gasteiger partial charge in [-0.1, -0.05) is 18.2 Å². The first-order valence-corrected chi connectivity index (χ1v) is 6.86. The molecule has 3 heteroatoms. The van der Waals surface area contributed by atoms with Gasteiger partial charge in [-0.3, -0.25) is 4.79 Å². The Morgan fingerprint density at radius 2 is 2.15 bits per heavy atom. The lowest BCUT2D eigenvalue weighted by Crippen LogP contribution is -2.05. The van der Waals surface area contributed by atoms with E-state index in [1.165, 1.54) is 6.42 Å². The third-order valence-corrected chi connectivity index (χ3v) is 4.16. The van der Waals surface area contributed by atoms with Crippen LogP contribution in [0.25, 0.3) is 16.5 Å². The maximum Gasteiger partial charge on any atom is 0.190 e. The quantitative estimate of drug-likeness (QED) is 0.906. The van der Waals surface area contributed by atoms with Crippen LogP contribution in [0.1, 0.15) is 12.1 Å². The molecular weight excluding hydrogens is 250 g/mol. The number of aromatic amines is 1. The summed E-state index contributed by atoms with van der Waals surface area (Å²) in [5.41, 5.74) is 2.87. The maximum atomic E-state index is 12.2. The number of nitrogens with one attached hydrogen (secondary N) is 1. The van der Waals surface area contributed by atoms with Crippen LogP contribution in [0.3, 0.4) is 0 Å². The minimum absolute atomic E-state index is 0.0450. The first-order valence-electron chi connectivity index (χ1n) is 6.86. The number of methoxy groups -OCH3 is 1. The Labute approximate surface area is 116 Å². The van der Waals surface area contributed by atoms with E-state index < -0.39 is 0 Å². The summed E-state index contributed by atoms with van der Waals surface area (Å²) in [5.74, 6) is 2.14. The molecule has 1 aromatic carbocycles. The Morgan fingerprint density at radius 3 is 2.95 bits per heavy atom. The van der Waals surface area contributed by atoms with E-state index >= 15 is 0 Å². The van der Waals surface area contributed by atoms with Gasteiger partial charge in [0.1, 0.15) is 5.75 Å². The second-order valence-electron chi connectivity index (χ2n) is 5.50. The number of H-pyrrole nitrogens is 1. The fourth-order valence-electron chi connectivity index (χ4n) is 2.86. The molecule has 1 heterocycles. The number of hydrogen-bond donors (Lipinski definition) is 1. The smallest absolute Gasteiger partial charge is 0.190 e. The van der Waals surface area contributed by atoms with Gasteiger partial charge in [-0.15, -0.1) is 0 Å². The van der Waals surface area contributed by atoms with E-state index in [0.717, 1.165) is 28.5 Å². The van der Waals surface area contributed by atoms with Crippen LogP contribution in [0.2, 0.25) is 0 Å². The molecule has 1 saturated carbocycles. The van der Waals surface area contributed by atoms with Gasteiger partial charge in [0.2, 0.25) is 0 Å². The van der Waals surface area contributed by atoms with Crippen LogP contribution in [0, 0.1) is 11.8 Å². The van der Waals surface area contributed by atoms with Crippen LogP contribution in [-0.4, -0.2) is 12.1 Å². The summed E-state index contributed by atoms with van der Waals surface area (Å²) in [6.45, 7) is 0. The average Bonchev–Trinajstić information content (AvgIpc) is 3.24. The van der Waals surface area contributed by atoms with E-state index in [1.54, 1.807) is 19.2 Å². The SMILES string of the molecule is COc1ccc2c(=O)cc(C3=CC4CC4C=C3)[nH]c2c1. The molecular formula is C17H15NO2. The second kappa shape index (κ2) is 4.10. The van der Waals surface area contributed by atoms with Gasteiger partial charge < -0.3 is 9.72 Å². The first kappa shape index (κ1) is 11.5. The molecule has 2 unspecified atom stereocenters. The highest BCUT2D eigenvalue weighted by atomic mass is 16.5. The van der Waals surface area contributed by atoms with E-state index in [0.29, 0.717) is 11.3 Å². The highest BCUT2D eigenvalue weighted by Crippen LogP contribution is 2.45. The Kier molecular flexibility index (Phi) is 2.36. The predicted molar refractivity (Wildman–Crippen MR) is 79.8 cm³/mol. The topological polar surface area (TPSA) is 42.1 Å². The van der Waals surface area contributed by atoms with Gasteiger partial charge in [0, 0.05) is 23.2 Å². The Hall–Kier alpha value is -2.29. The minimum atomic E-state index is 0.0450. The highest BCUT2D eigenvalue weighted by molar-refractivity contribution is 5.84. The molecule has 2 atom stereocenters. The summed E-state index contributed by atoms with van der Waals surface area (Å²) in [5, 5.41) is 0.694. The van der Waals surface area contributed by atoms with Crippen molar-refractivity contribution in [2.45, 2.75) is 6.42 Å². The molecule has 1 aromatic heterocycles. The number of allylic oxidation sites excluding steroid dienone is 4. The van der Waals surface area contributed by atoms with Crippen LogP contribution < -0.4 is 10.2 Å².